The Balaban J connectivity index is 2.14. The molecule has 1 heterocycles. The van der Waals surface area contributed by atoms with Gasteiger partial charge in [0.2, 0.25) is 0 Å². The molecular formula is C15H17NO. The van der Waals surface area contributed by atoms with E-state index in [0.717, 1.165) is 16.8 Å². The SMILES string of the molecule is Cc1ccc(CC(O)c2ncccc2C)cc1. The topological polar surface area (TPSA) is 33.1 Å². The van der Waals surface area contributed by atoms with Crippen molar-refractivity contribution in [1.82, 2.24) is 4.98 Å². The Morgan fingerprint density at radius 1 is 1.12 bits per heavy atom. The van der Waals surface area contributed by atoms with Gasteiger partial charge >= 0.3 is 0 Å². The smallest absolute Gasteiger partial charge is 0.100 e. The lowest BCUT2D eigenvalue weighted by atomic mass is 10.0. The number of benzene rings is 1. The molecule has 2 heteroatoms. The highest BCUT2D eigenvalue weighted by Gasteiger charge is 2.11. The van der Waals surface area contributed by atoms with Crippen LogP contribution >= 0.6 is 0 Å². The van der Waals surface area contributed by atoms with Crippen LogP contribution in [-0.4, -0.2) is 10.1 Å². The molecule has 0 fully saturated rings. The number of nitrogens with zero attached hydrogens (tertiary/aromatic N) is 1. The van der Waals surface area contributed by atoms with Gasteiger partial charge in [-0.1, -0.05) is 35.9 Å². The minimum Gasteiger partial charge on any atom is -0.386 e. The van der Waals surface area contributed by atoms with Crippen molar-refractivity contribution in [2.45, 2.75) is 26.4 Å². The summed E-state index contributed by atoms with van der Waals surface area (Å²) in [5.41, 5.74) is 4.17. The standard InChI is InChI=1S/C15H17NO/c1-11-5-7-13(8-6-11)10-14(17)15-12(2)4-3-9-16-15/h3-9,14,17H,10H2,1-2H3. The molecule has 0 saturated carbocycles. The van der Waals surface area contributed by atoms with Crippen molar-refractivity contribution >= 4 is 0 Å². The minimum atomic E-state index is -0.529. The van der Waals surface area contributed by atoms with Crippen molar-refractivity contribution in [2.75, 3.05) is 0 Å². The van der Waals surface area contributed by atoms with Crippen LogP contribution in [0, 0.1) is 13.8 Å². The molecule has 88 valence electrons. The lowest BCUT2D eigenvalue weighted by Gasteiger charge is -2.12. The predicted octanol–water partition coefficient (Wildman–Crippen LogP) is 2.97. The molecule has 1 unspecified atom stereocenters. The predicted molar refractivity (Wildman–Crippen MR) is 68.8 cm³/mol. The molecule has 0 saturated heterocycles. The number of aliphatic hydroxyl groups excluding tert-OH is 1. The Kier molecular flexibility index (Phi) is 3.55. The van der Waals surface area contributed by atoms with Crippen LogP contribution in [0.2, 0.25) is 0 Å². The van der Waals surface area contributed by atoms with Gasteiger partial charge in [-0.05, 0) is 31.0 Å². The Hall–Kier alpha value is -1.67. The third-order valence-corrected chi connectivity index (χ3v) is 2.92. The van der Waals surface area contributed by atoms with Gasteiger partial charge in [-0.3, -0.25) is 4.98 Å². The molecule has 0 bridgehead atoms. The van der Waals surface area contributed by atoms with E-state index in [9.17, 15) is 5.11 Å². The molecule has 17 heavy (non-hydrogen) atoms. The number of rotatable bonds is 3. The summed E-state index contributed by atoms with van der Waals surface area (Å²) in [7, 11) is 0. The van der Waals surface area contributed by atoms with E-state index < -0.39 is 6.10 Å². The van der Waals surface area contributed by atoms with Crippen molar-refractivity contribution in [3.05, 3.63) is 65.0 Å². The molecule has 1 N–H and O–H groups in total. The first-order chi connectivity index (χ1) is 8.16. The molecule has 0 radical (unpaired) electrons. The highest BCUT2D eigenvalue weighted by molar-refractivity contribution is 5.25. The van der Waals surface area contributed by atoms with Gasteiger partial charge < -0.3 is 5.11 Å². The monoisotopic (exact) mass is 227 g/mol. The van der Waals surface area contributed by atoms with Gasteiger partial charge in [0.25, 0.3) is 0 Å². The highest BCUT2D eigenvalue weighted by Crippen LogP contribution is 2.19. The molecule has 2 nitrogen and oxygen atoms in total. The summed E-state index contributed by atoms with van der Waals surface area (Å²) in [6.07, 6.45) is 1.80. The van der Waals surface area contributed by atoms with Crippen molar-refractivity contribution in [3.8, 4) is 0 Å². The van der Waals surface area contributed by atoms with E-state index in [0.29, 0.717) is 6.42 Å². The van der Waals surface area contributed by atoms with Crippen LogP contribution in [0.5, 0.6) is 0 Å². The summed E-state index contributed by atoms with van der Waals surface area (Å²) < 4.78 is 0. The van der Waals surface area contributed by atoms with Crippen LogP contribution in [0.15, 0.2) is 42.6 Å². The molecule has 0 aliphatic rings. The maximum absolute atomic E-state index is 10.2. The number of hydrogen-bond acceptors (Lipinski definition) is 2. The lowest BCUT2D eigenvalue weighted by Crippen LogP contribution is -2.06. The van der Waals surface area contributed by atoms with Gasteiger partial charge in [-0.2, -0.15) is 0 Å². The van der Waals surface area contributed by atoms with Crippen LogP contribution in [0.4, 0.5) is 0 Å². The van der Waals surface area contributed by atoms with E-state index in [1.165, 1.54) is 5.56 Å². The molecule has 2 rings (SSSR count). The van der Waals surface area contributed by atoms with Gasteiger partial charge in [0, 0.05) is 12.6 Å². The second-order valence-corrected chi connectivity index (χ2v) is 4.41. The summed E-state index contributed by atoms with van der Waals surface area (Å²) in [4.78, 5) is 4.24. The first-order valence-electron chi connectivity index (χ1n) is 5.82. The maximum atomic E-state index is 10.2. The summed E-state index contributed by atoms with van der Waals surface area (Å²) in [6.45, 7) is 4.03. The number of pyridine rings is 1. The highest BCUT2D eigenvalue weighted by atomic mass is 16.3. The van der Waals surface area contributed by atoms with Crippen molar-refractivity contribution in [2.24, 2.45) is 0 Å². The fourth-order valence-corrected chi connectivity index (χ4v) is 1.89. The van der Waals surface area contributed by atoms with Crippen molar-refractivity contribution in [3.63, 3.8) is 0 Å². The average Bonchev–Trinajstić information content (AvgIpc) is 2.32. The van der Waals surface area contributed by atoms with E-state index in [-0.39, 0.29) is 0 Å². The van der Waals surface area contributed by atoms with Crippen LogP contribution < -0.4 is 0 Å². The summed E-state index contributed by atoms with van der Waals surface area (Å²) in [5, 5.41) is 10.2. The second kappa shape index (κ2) is 5.11. The molecule has 0 amide bonds. The van der Waals surface area contributed by atoms with E-state index in [1.54, 1.807) is 6.20 Å². The fourth-order valence-electron chi connectivity index (χ4n) is 1.89. The van der Waals surface area contributed by atoms with Gasteiger partial charge in [-0.15, -0.1) is 0 Å². The van der Waals surface area contributed by atoms with Gasteiger partial charge in [0.15, 0.2) is 0 Å². The average molecular weight is 227 g/mol. The third kappa shape index (κ3) is 2.92. The van der Waals surface area contributed by atoms with E-state index in [2.05, 4.69) is 36.2 Å². The van der Waals surface area contributed by atoms with Crippen LogP contribution in [-0.2, 0) is 6.42 Å². The van der Waals surface area contributed by atoms with Crippen LogP contribution in [0.25, 0.3) is 0 Å². The van der Waals surface area contributed by atoms with E-state index in [4.69, 9.17) is 0 Å². The molecule has 2 aromatic rings. The summed E-state index contributed by atoms with van der Waals surface area (Å²) in [5.74, 6) is 0. The van der Waals surface area contributed by atoms with Gasteiger partial charge in [0.1, 0.15) is 6.10 Å². The minimum absolute atomic E-state index is 0.529. The first kappa shape index (κ1) is 11.8. The summed E-state index contributed by atoms with van der Waals surface area (Å²) >= 11 is 0. The molecule has 1 aromatic heterocycles. The Labute approximate surface area is 102 Å². The zero-order chi connectivity index (χ0) is 12.3. The molecule has 0 aliphatic carbocycles. The van der Waals surface area contributed by atoms with Gasteiger partial charge in [-0.25, -0.2) is 0 Å². The van der Waals surface area contributed by atoms with E-state index in [1.807, 2.05) is 19.1 Å². The normalized spacial score (nSPS) is 12.4. The molecule has 0 aliphatic heterocycles. The fraction of sp³-hybridized carbons (Fsp3) is 0.267. The number of aryl methyl sites for hydroxylation is 2. The van der Waals surface area contributed by atoms with Crippen molar-refractivity contribution in [1.29, 1.82) is 0 Å². The quantitative estimate of drug-likeness (QED) is 0.874. The molecule has 1 aromatic carbocycles. The number of aliphatic hydroxyl groups is 1. The molecule has 1 atom stereocenters. The third-order valence-electron chi connectivity index (χ3n) is 2.92. The number of aromatic nitrogens is 1. The lowest BCUT2D eigenvalue weighted by molar-refractivity contribution is 0.173. The Morgan fingerprint density at radius 3 is 2.47 bits per heavy atom. The Morgan fingerprint density at radius 2 is 1.82 bits per heavy atom. The molecular weight excluding hydrogens is 210 g/mol. The second-order valence-electron chi connectivity index (χ2n) is 4.41. The van der Waals surface area contributed by atoms with Crippen LogP contribution in [0.1, 0.15) is 28.5 Å². The molecule has 0 spiro atoms. The van der Waals surface area contributed by atoms with Crippen molar-refractivity contribution < 1.29 is 5.11 Å². The Bertz CT molecular complexity index is 491. The zero-order valence-corrected chi connectivity index (χ0v) is 10.2. The zero-order valence-electron chi connectivity index (χ0n) is 10.2. The van der Waals surface area contributed by atoms with Crippen LogP contribution in [0.3, 0.4) is 0 Å². The first-order valence-corrected chi connectivity index (χ1v) is 5.82. The van der Waals surface area contributed by atoms with E-state index >= 15 is 0 Å². The largest absolute Gasteiger partial charge is 0.386 e. The van der Waals surface area contributed by atoms with Gasteiger partial charge in [0.05, 0.1) is 5.69 Å². The number of hydrogen-bond donors (Lipinski definition) is 1. The maximum Gasteiger partial charge on any atom is 0.100 e. The summed E-state index contributed by atoms with van der Waals surface area (Å²) in [6, 6.07) is 12.1.